The molecule has 0 radical (unpaired) electrons. The highest BCUT2D eigenvalue weighted by molar-refractivity contribution is 7.11. The number of alkyl halides is 3. The van der Waals surface area contributed by atoms with Gasteiger partial charge in [0, 0.05) is 37.8 Å². The number of aliphatic hydroxyl groups excluding tert-OH is 1. The molecule has 1 N–H and O–H groups in total. The number of rotatable bonds is 3. The van der Waals surface area contributed by atoms with Crippen LogP contribution in [0.1, 0.15) is 29.1 Å². The summed E-state index contributed by atoms with van der Waals surface area (Å²) < 4.78 is 42.3. The van der Waals surface area contributed by atoms with Crippen LogP contribution in [0.4, 0.5) is 18.0 Å². The monoisotopic (exact) mass is 407 g/mol. The van der Waals surface area contributed by atoms with E-state index in [0.717, 1.165) is 6.42 Å². The molecule has 2 saturated heterocycles. The summed E-state index contributed by atoms with van der Waals surface area (Å²) in [7, 11) is 0. The number of aliphatic hydroxyl groups is 1. The Kier molecular flexibility index (Phi) is 5.61. The van der Waals surface area contributed by atoms with Gasteiger partial charge in [-0.25, -0.2) is 9.78 Å². The van der Waals surface area contributed by atoms with Crippen molar-refractivity contribution in [1.29, 1.82) is 0 Å². The molecule has 11 heteroatoms. The van der Waals surface area contributed by atoms with Crippen molar-refractivity contribution in [3.05, 3.63) is 16.6 Å². The summed E-state index contributed by atoms with van der Waals surface area (Å²) in [5.41, 5.74) is -0.135. The summed E-state index contributed by atoms with van der Waals surface area (Å²) >= 11 is 1.28. The Balaban J connectivity index is 1.53. The Morgan fingerprint density at radius 2 is 1.89 bits per heavy atom. The van der Waals surface area contributed by atoms with Crippen molar-refractivity contribution in [1.82, 2.24) is 14.8 Å². The van der Waals surface area contributed by atoms with Crippen molar-refractivity contribution < 1.29 is 32.6 Å². The fraction of sp³-hybridized carbons (Fsp3) is 0.688. The van der Waals surface area contributed by atoms with Crippen LogP contribution in [-0.2, 0) is 4.74 Å². The molecule has 1 aromatic rings. The van der Waals surface area contributed by atoms with E-state index in [1.54, 1.807) is 16.5 Å². The fourth-order valence-electron chi connectivity index (χ4n) is 3.55. The first-order valence-electron chi connectivity index (χ1n) is 8.56. The first-order chi connectivity index (χ1) is 12.7. The van der Waals surface area contributed by atoms with Gasteiger partial charge in [0.15, 0.2) is 5.01 Å². The fourth-order valence-corrected chi connectivity index (χ4v) is 4.15. The Morgan fingerprint density at radius 3 is 2.41 bits per heavy atom. The van der Waals surface area contributed by atoms with Crippen LogP contribution in [0.2, 0.25) is 0 Å². The van der Waals surface area contributed by atoms with Gasteiger partial charge < -0.3 is 19.6 Å². The lowest BCUT2D eigenvalue weighted by Crippen LogP contribution is -2.47. The van der Waals surface area contributed by atoms with Crippen LogP contribution < -0.4 is 0 Å². The van der Waals surface area contributed by atoms with Crippen LogP contribution >= 0.6 is 11.3 Å². The van der Waals surface area contributed by atoms with E-state index in [1.807, 2.05) is 0 Å². The van der Waals surface area contributed by atoms with Crippen LogP contribution in [0.15, 0.2) is 11.6 Å². The molecule has 2 aliphatic heterocycles. The Labute approximate surface area is 157 Å². The quantitative estimate of drug-likeness (QED) is 0.830. The maximum absolute atomic E-state index is 12.6. The highest BCUT2D eigenvalue weighted by Crippen LogP contribution is 2.41. The Morgan fingerprint density at radius 1 is 1.26 bits per heavy atom. The molecule has 150 valence electrons. The van der Waals surface area contributed by atoms with Gasteiger partial charge >= 0.3 is 12.3 Å². The molecule has 0 saturated carbocycles. The third-order valence-electron chi connectivity index (χ3n) is 5.20. The third kappa shape index (κ3) is 4.34. The summed E-state index contributed by atoms with van der Waals surface area (Å²) in [5, 5.41) is 11.0. The van der Waals surface area contributed by atoms with Crippen LogP contribution in [0.25, 0.3) is 0 Å². The van der Waals surface area contributed by atoms with Gasteiger partial charge in [-0.15, -0.1) is 11.3 Å². The molecule has 0 aromatic carbocycles. The zero-order valence-corrected chi connectivity index (χ0v) is 15.3. The topological polar surface area (TPSA) is 83.0 Å². The summed E-state index contributed by atoms with van der Waals surface area (Å²) in [4.78, 5) is 31.4. The molecule has 2 amide bonds. The maximum atomic E-state index is 12.6. The lowest BCUT2D eigenvalue weighted by atomic mass is 9.78. The molecular weight excluding hydrogens is 387 g/mol. The van der Waals surface area contributed by atoms with Gasteiger partial charge in [-0.2, -0.15) is 13.2 Å². The molecule has 2 aliphatic rings. The zero-order valence-electron chi connectivity index (χ0n) is 14.4. The molecule has 1 atom stereocenters. The number of piperidine rings is 1. The number of carbonyl (C=O) groups is 2. The average Bonchev–Trinajstić information content (AvgIpc) is 3.29. The van der Waals surface area contributed by atoms with E-state index < -0.39 is 25.0 Å². The van der Waals surface area contributed by atoms with Crippen LogP contribution in [0.3, 0.4) is 0 Å². The Bertz CT molecular complexity index is 675. The number of carbonyl (C=O) groups excluding carboxylic acids is 2. The normalized spacial score (nSPS) is 20.7. The van der Waals surface area contributed by atoms with E-state index in [9.17, 15) is 22.8 Å². The number of halogens is 3. The van der Waals surface area contributed by atoms with Crippen molar-refractivity contribution >= 4 is 23.3 Å². The molecule has 1 aromatic heterocycles. The number of amides is 2. The first-order valence-corrected chi connectivity index (χ1v) is 9.44. The van der Waals surface area contributed by atoms with Crippen LogP contribution in [-0.4, -0.2) is 77.0 Å². The summed E-state index contributed by atoms with van der Waals surface area (Å²) in [6, 6.07) is 0. The largest absolute Gasteiger partial charge is 0.434 e. The second-order valence-corrected chi connectivity index (χ2v) is 7.79. The molecule has 0 unspecified atom stereocenters. The van der Waals surface area contributed by atoms with Gasteiger partial charge in [0.2, 0.25) is 6.10 Å². The number of hydrogen-bond acceptors (Lipinski definition) is 6. The minimum Gasteiger partial charge on any atom is -0.434 e. The van der Waals surface area contributed by atoms with Crippen molar-refractivity contribution in [3.63, 3.8) is 0 Å². The minimum atomic E-state index is -4.80. The summed E-state index contributed by atoms with van der Waals surface area (Å²) in [6.07, 6.45) is -4.86. The van der Waals surface area contributed by atoms with Crippen molar-refractivity contribution in [3.8, 4) is 0 Å². The number of aromatic nitrogens is 1. The second kappa shape index (κ2) is 7.63. The van der Waals surface area contributed by atoms with Gasteiger partial charge in [0.1, 0.15) is 0 Å². The lowest BCUT2D eigenvalue weighted by molar-refractivity contribution is -0.215. The highest BCUT2D eigenvalue weighted by Gasteiger charge is 2.46. The average molecular weight is 407 g/mol. The molecule has 3 heterocycles. The van der Waals surface area contributed by atoms with E-state index in [-0.39, 0.29) is 24.4 Å². The SMILES string of the molecule is O=C(O[C@H](CO)C(F)(F)F)N1CCC2(CC1)CCN(C(=O)c1nccs1)C2. The van der Waals surface area contributed by atoms with Crippen molar-refractivity contribution in [2.45, 2.75) is 31.5 Å². The van der Waals surface area contributed by atoms with Crippen molar-refractivity contribution in [2.75, 3.05) is 32.8 Å². The highest BCUT2D eigenvalue weighted by atomic mass is 32.1. The molecule has 0 aliphatic carbocycles. The zero-order chi connectivity index (χ0) is 19.7. The van der Waals surface area contributed by atoms with Gasteiger partial charge in [-0.1, -0.05) is 0 Å². The molecular formula is C16H20F3N3O4S. The molecule has 2 fully saturated rings. The third-order valence-corrected chi connectivity index (χ3v) is 5.96. The summed E-state index contributed by atoms with van der Waals surface area (Å²) in [6.45, 7) is 0.364. The predicted molar refractivity (Wildman–Crippen MR) is 89.3 cm³/mol. The molecule has 27 heavy (non-hydrogen) atoms. The standard InChI is InChI=1S/C16H20F3N3O4S/c17-16(18,19)11(9-23)26-14(25)21-5-1-15(2-6-21)3-7-22(10-15)13(24)12-20-4-8-27-12/h4,8,11,23H,1-3,5-7,9-10H2/t11-/m1/s1. The number of ether oxygens (including phenoxy) is 1. The number of nitrogens with zero attached hydrogens (tertiary/aromatic N) is 3. The molecule has 3 rings (SSSR count). The van der Waals surface area contributed by atoms with Gasteiger partial charge in [-0.3, -0.25) is 4.79 Å². The number of likely N-dealkylation sites (tertiary alicyclic amines) is 2. The van der Waals surface area contributed by atoms with E-state index in [0.29, 0.717) is 30.9 Å². The smallest absolute Gasteiger partial charge is 0.427 e. The Hall–Kier alpha value is -1.88. The predicted octanol–water partition coefficient (Wildman–Crippen LogP) is 2.13. The summed E-state index contributed by atoms with van der Waals surface area (Å²) in [5.74, 6) is -0.111. The lowest BCUT2D eigenvalue weighted by Gasteiger charge is -2.39. The number of thiazole rings is 1. The van der Waals surface area contributed by atoms with Gasteiger partial charge in [0.05, 0.1) is 6.61 Å². The number of hydrogen-bond donors (Lipinski definition) is 1. The van der Waals surface area contributed by atoms with Crippen LogP contribution in [0, 0.1) is 5.41 Å². The van der Waals surface area contributed by atoms with E-state index in [4.69, 9.17) is 5.11 Å². The minimum absolute atomic E-state index is 0.111. The van der Waals surface area contributed by atoms with Gasteiger partial charge in [-0.05, 0) is 24.7 Å². The van der Waals surface area contributed by atoms with Gasteiger partial charge in [0.25, 0.3) is 5.91 Å². The van der Waals surface area contributed by atoms with Crippen LogP contribution in [0.5, 0.6) is 0 Å². The molecule has 0 bridgehead atoms. The maximum Gasteiger partial charge on any atom is 0.427 e. The molecule has 7 nitrogen and oxygen atoms in total. The molecule has 1 spiro atoms. The van der Waals surface area contributed by atoms with E-state index in [1.165, 1.54) is 16.2 Å². The first kappa shape index (κ1) is 19.9. The van der Waals surface area contributed by atoms with Crippen molar-refractivity contribution in [2.24, 2.45) is 5.41 Å². The van der Waals surface area contributed by atoms with E-state index >= 15 is 0 Å². The second-order valence-electron chi connectivity index (χ2n) is 6.90. The van der Waals surface area contributed by atoms with E-state index in [2.05, 4.69) is 9.72 Å².